The van der Waals surface area contributed by atoms with Crippen LogP contribution >= 0.6 is 11.6 Å². The van der Waals surface area contributed by atoms with Gasteiger partial charge in [-0.3, -0.25) is 4.79 Å². The normalized spacial score (nSPS) is 17.6. The second-order valence-corrected chi connectivity index (χ2v) is 8.94. The molecule has 170 valence electrons. The number of nitrogens with two attached hydrogens (primary N) is 1. The summed E-state index contributed by atoms with van der Waals surface area (Å²) in [4.78, 5) is 20.0. The number of hydrogen-bond donors (Lipinski definition) is 1. The maximum Gasteiger partial charge on any atom is 0.224 e. The van der Waals surface area contributed by atoms with Crippen LogP contribution in [0.3, 0.4) is 0 Å². The van der Waals surface area contributed by atoms with Crippen LogP contribution in [0.2, 0.25) is 5.02 Å². The van der Waals surface area contributed by atoms with Crippen LogP contribution in [0.25, 0.3) is 11.0 Å². The molecule has 1 aromatic heterocycles. The zero-order chi connectivity index (χ0) is 22.5. The SMILES string of the molecule is COCCCn1c(C2CCCN(C(=O)CC(N)c3cccc(Cl)c3)C2)nc2ccccc21. The third-order valence-electron chi connectivity index (χ3n) is 6.22. The van der Waals surface area contributed by atoms with Gasteiger partial charge in [-0.2, -0.15) is 0 Å². The van der Waals surface area contributed by atoms with Crippen molar-refractivity contribution in [3.05, 3.63) is 64.9 Å². The number of aromatic nitrogens is 2. The van der Waals surface area contributed by atoms with E-state index in [-0.39, 0.29) is 24.3 Å². The average Bonchev–Trinajstić information content (AvgIpc) is 3.18. The van der Waals surface area contributed by atoms with Gasteiger partial charge in [0.25, 0.3) is 0 Å². The number of imidazole rings is 1. The second-order valence-electron chi connectivity index (χ2n) is 8.50. The van der Waals surface area contributed by atoms with Crippen molar-refractivity contribution in [1.82, 2.24) is 14.5 Å². The molecule has 4 rings (SSSR count). The second kappa shape index (κ2) is 10.5. The van der Waals surface area contributed by atoms with Crippen LogP contribution in [0.5, 0.6) is 0 Å². The molecule has 0 bridgehead atoms. The van der Waals surface area contributed by atoms with E-state index < -0.39 is 0 Å². The standard InChI is InChI=1S/C25H31ClN4O2/c1-32-14-6-13-30-23-11-3-2-10-22(23)28-25(30)19-8-5-12-29(17-19)24(31)16-21(27)18-7-4-9-20(26)15-18/h2-4,7,9-11,15,19,21H,5-6,8,12-14,16-17,27H2,1H3. The molecule has 6 nitrogen and oxygen atoms in total. The van der Waals surface area contributed by atoms with Crippen molar-refractivity contribution in [1.29, 1.82) is 0 Å². The van der Waals surface area contributed by atoms with Gasteiger partial charge < -0.3 is 19.9 Å². The number of methoxy groups -OCH3 is 1. The molecule has 7 heteroatoms. The highest BCUT2D eigenvalue weighted by molar-refractivity contribution is 6.30. The molecular formula is C25H31ClN4O2. The van der Waals surface area contributed by atoms with Crippen LogP contribution in [-0.4, -0.2) is 47.2 Å². The number of aryl methyl sites for hydroxylation is 1. The van der Waals surface area contributed by atoms with Crippen LogP contribution < -0.4 is 5.73 Å². The van der Waals surface area contributed by atoms with E-state index in [4.69, 9.17) is 27.1 Å². The molecule has 0 radical (unpaired) electrons. The van der Waals surface area contributed by atoms with Gasteiger partial charge >= 0.3 is 0 Å². The van der Waals surface area contributed by atoms with Crippen LogP contribution in [-0.2, 0) is 16.1 Å². The van der Waals surface area contributed by atoms with Crippen LogP contribution in [0.1, 0.15) is 49.0 Å². The Hall–Kier alpha value is -2.41. The summed E-state index contributed by atoms with van der Waals surface area (Å²) in [6, 6.07) is 15.3. The fourth-order valence-electron chi connectivity index (χ4n) is 4.59. The van der Waals surface area contributed by atoms with Gasteiger partial charge in [0.05, 0.1) is 11.0 Å². The fraction of sp³-hybridized carbons (Fsp3) is 0.440. The Morgan fingerprint density at radius 1 is 1.28 bits per heavy atom. The van der Waals surface area contributed by atoms with Crippen molar-refractivity contribution in [3.63, 3.8) is 0 Å². The first kappa shape index (κ1) is 22.8. The summed E-state index contributed by atoms with van der Waals surface area (Å²) in [5.41, 5.74) is 9.36. The third kappa shape index (κ3) is 5.14. The molecule has 1 amide bonds. The van der Waals surface area contributed by atoms with E-state index in [9.17, 15) is 4.79 Å². The van der Waals surface area contributed by atoms with E-state index in [2.05, 4.69) is 22.8 Å². The number of carbonyl (C=O) groups excluding carboxylic acids is 1. The minimum absolute atomic E-state index is 0.0872. The number of ether oxygens (including phenoxy) is 1. The monoisotopic (exact) mass is 454 g/mol. The molecule has 1 saturated heterocycles. The molecule has 1 fully saturated rings. The van der Waals surface area contributed by atoms with Gasteiger partial charge in [0.15, 0.2) is 0 Å². The molecule has 2 heterocycles. The topological polar surface area (TPSA) is 73.4 Å². The maximum absolute atomic E-state index is 13.1. The molecule has 32 heavy (non-hydrogen) atoms. The van der Waals surface area contributed by atoms with Crippen molar-refractivity contribution in [2.24, 2.45) is 5.73 Å². The molecule has 0 saturated carbocycles. The minimum atomic E-state index is -0.361. The highest BCUT2D eigenvalue weighted by Crippen LogP contribution is 2.30. The highest BCUT2D eigenvalue weighted by Gasteiger charge is 2.29. The Labute approximate surface area is 194 Å². The van der Waals surface area contributed by atoms with E-state index in [0.717, 1.165) is 54.8 Å². The van der Waals surface area contributed by atoms with Crippen LogP contribution in [0, 0.1) is 0 Å². The molecule has 1 aliphatic rings. The van der Waals surface area contributed by atoms with Crippen molar-refractivity contribution >= 4 is 28.5 Å². The molecular weight excluding hydrogens is 424 g/mol. The maximum atomic E-state index is 13.1. The smallest absolute Gasteiger partial charge is 0.224 e. The third-order valence-corrected chi connectivity index (χ3v) is 6.46. The Morgan fingerprint density at radius 3 is 2.94 bits per heavy atom. The van der Waals surface area contributed by atoms with Crippen LogP contribution in [0.15, 0.2) is 48.5 Å². The van der Waals surface area contributed by atoms with E-state index >= 15 is 0 Å². The Balaban J connectivity index is 1.49. The lowest BCUT2D eigenvalue weighted by molar-refractivity contribution is -0.132. The van der Waals surface area contributed by atoms with Crippen molar-refractivity contribution < 1.29 is 9.53 Å². The first-order valence-corrected chi connectivity index (χ1v) is 11.7. The number of carbonyl (C=O) groups is 1. The Morgan fingerprint density at radius 2 is 2.12 bits per heavy atom. The van der Waals surface area contributed by atoms with Gasteiger partial charge in [-0.25, -0.2) is 4.98 Å². The van der Waals surface area contributed by atoms with Crippen LogP contribution in [0.4, 0.5) is 0 Å². The number of hydrogen-bond acceptors (Lipinski definition) is 4. The number of amides is 1. The number of piperidine rings is 1. The Kier molecular flexibility index (Phi) is 7.45. The van der Waals surface area contributed by atoms with Gasteiger partial charge in [-0.15, -0.1) is 0 Å². The van der Waals surface area contributed by atoms with E-state index in [0.29, 0.717) is 18.2 Å². The van der Waals surface area contributed by atoms with Gasteiger partial charge in [0.2, 0.25) is 5.91 Å². The molecule has 2 N–H and O–H groups in total. The van der Waals surface area contributed by atoms with Crippen molar-refractivity contribution in [2.45, 2.75) is 44.2 Å². The summed E-state index contributed by atoms with van der Waals surface area (Å²) >= 11 is 6.09. The average molecular weight is 455 g/mol. The number of benzene rings is 2. The number of nitrogens with zero attached hydrogens (tertiary/aromatic N) is 3. The quantitative estimate of drug-likeness (QED) is 0.508. The molecule has 0 aliphatic carbocycles. The number of fused-ring (bicyclic) bond motifs is 1. The minimum Gasteiger partial charge on any atom is -0.385 e. The predicted molar refractivity (Wildman–Crippen MR) is 128 cm³/mol. The number of halogens is 1. The lowest BCUT2D eigenvalue weighted by atomic mass is 9.96. The molecule has 1 aliphatic heterocycles. The van der Waals surface area contributed by atoms with E-state index in [1.165, 1.54) is 0 Å². The fourth-order valence-corrected chi connectivity index (χ4v) is 4.79. The summed E-state index contributed by atoms with van der Waals surface area (Å²) < 4.78 is 7.57. The molecule has 2 atom stereocenters. The lowest BCUT2D eigenvalue weighted by Crippen LogP contribution is -2.40. The predicted octanol–water partition coefficient (Wildman–Crippen LogP) is 4.52. The summed E-state index contributed by atoms with van der Waals surface area (Å²) in [5.74, 6) is 1.37. The largest absolute Gasteiger partial charge is 0.385 e. The number of rotatable bonds is 8. The summed E-state index contributed by atoms with van der Waals surface area (Å²) in [6.45, 7) is 3.01. The molecule has 2 aromatic carbocycles. The Bertz CT molecular complexity index is 1070. The van der Waals surface area contributed by atoms with E-state index in [1.54, 1.807) is 7.11 Å². The number of likely N-dealkylation sites (tertiary alicyclic amines) is 1. The molecule has 0 spiro atoms. The van der Waals surface area contributed by atoms with Gasteiger partial charge in [-0.1, -0.05) is 35.9 Å². The van der Waals surface area contributed by atoms with Crippen molar-refractivity contribution in [3.8, 4) is 0 Å². The first-order chi connectivity index (χ1) is 15.6. The first-order valence-electron chi connectivity index (χ1n) is 11.3. The zero-order valence-electron chi connectivity index (χ0n) is 18.5. The molecule has 2 unspecified atom stereocenters. The summed E-state index contributed by atoms with van der Waals surface area (Å²) in [5, 5.41) is 0.635. The van der Waals surface area contributed by atoms with Gasteiger partial charge in [0, 0.05) is 56.8 Å². The summed E-state index contributed by atoms with van der Waals surface area (Å²) in [6.07, 6.45) is 3.19. The van der Waals surface area contributed by atoms with E-state index in [1.807, 2.05) is 35.2 Å². The zero-order valence-corrected chi connectivity index (χ0v) is 19.3. The number of para-hydroxylation sites is 2. The van der Waals surface area contributed by atoms with Gasteiger partial charge in [-0.05, 0) is 49.1 Å². The highest BCUT2D eigenvalue weighted by atomic mass is 35.5. The lowest BCUT2D eigenvalue weighted by Gasteiger charge is -2.33. The van der Waals surface area contributed by atoms with Crippen molar-refractivity contribution in [2.75, 3.05) is 26.8 Å². The summed E-state index contributed by atoms with van der Waals surface area (Å²) in [7, 11) is 1.73. The van der Waals surface area contributed by atoms with Gasteiger partial charge in [0.1, 0.15) is 5.82 Å². The molecule has 3 aromatic rings.